The van der Waals surface area contributed by atoms with E-state index in [9.17, 15) is 9.59 Å². The minimum Gasteiger partial charge on any atom is -0.478 e. The lowest BCUT2D eigenvalue weighted by molar-refractivity contribution is -0.111. The fourth-order valence-electron chi connectivity index (χ4n) is 2.45. The number of carboxylic acid groups (broad SMARTS) is 1. The summed E-state index contributed by atoms with van der Waals surface area (Å²) < 4.78 is 0. The molecular formula is C21H16N2O3. The zero-order valence-electron chi connectivity index (χ0n) is 13.8. The number of hydrogen-bond acceptors (Lipinski definition) is 3. The van der Waals surface area contributed by atoms with Gasteiger partial charge >= 0.3 is 5.97 Å². The van der Waals surface area contributed by atoms with Crippen molar-refractivity contribution in [3.63, 3.8) is 0 Å². The molecule has 128 valence electrons. The molecule has 1 aromatic heterocycles. The predicted octanol–water partition coefficient (Wildman–Crippen LogP) is 4.10. The Bertz CT molecular complexity index is 949. The normalized spacial score (nSPS) is 10.6. The van der Waals surface area contributed by atoms with Gasteiger partial charge in [-0.1, -0.05) is 42.5 Å². The highest BCUT2D eigenvalue weighted by Crippen LogP contribution is 2.19. The van der Waals surface area contributed by atoms with E-state index in [0.29, 0.717) is 0 Å². The van der Waals surface area contributed by atoms with Crippen LogP contribution in [0, 0.1) is 0 Å². The number of anilines is 1. The third-order valence-corrected chi connectivity index (χ3v) is 3.75. The lowest BCUT2D eigenvalue weighted by atomic mass is 10.1. The monoisotopic (exact) mass is 344 g/mol. The molecule has 0 aliphatic carbocycles. The molecule has 5 nitrogen and oxygen atoms in total. The number of benzene rings is 2. The van der Waals surface area contributed by atoms with E-state index in [1.54, 1.807) is 36.7 Å². The van der Waals surface area contributed by atoms with E-state index < -0.39 is 11.9 Å². The van der Waals surface area contributed by atoms with Gasteiger partial charge in [-0.15, -0.1) is 0 Å². The second-order valence-corrected chi connectivity index (χ2v) is 5.54. The fraction of sp³-hybridized carbons (Fsp3) is 0. The van der Waals surface area contributed by atoms with Crippen LogP contribution in [-0.2, 0) is 4.79 Å². The lowest BCUT2D eigenvalue weighted by Gasteiger charge is -2.06. The summed E-state index contributed by atoms with van der Waals surface area (Å²) in [6, 6.07) is 17.8. The van der Waals surface area contributed by atoms with Crippen molar-refractivity contribution >= 4 is 23.6 Å². The second kappa shape index (κ2) is 7.90. The molecule has 0 spiro atoms. The molecule has 0 unspecified atom stereocenters. The molecule has 0 atom stereocenters. The van der Waals surface area contributed by atoms with Crippen LogP contribution in [0.1, 0.15) is 15.9 Å². The number of aromatic nitrogens is 1. The predicted molar refractivity (Wildman–Crippen MR) is 101 cm³/mol. The first-order chi connectivity index (χ1) is 12.6. The summed E-state index contributed by atoms with van der Waals surface area (Å²) in [5.74, 6) is -1.48. The highest BCUT2D eigenvalue weighted by molar-refractivity contribution is 6.06. The molecular weight excluding hydrogens is 328 g/mol. The Kier molecular flexibility index (Phi) is 5.19. The Hall–Kier alpha value is -3.73. The third-order valence-electron chi connectivity index (χ3n) is 3.75. The zero-order valence-corrected chi connectivity index (χ0v) is 13.8. The Balaban J connectivity index is 1.68. The quantitative estimate of drug-likeness (QED) is 0.683. The van der Waals surface area contributed by atoms with Crippen molar-refractivity contribution in [1.82, 2.24) is 4.98 Å². The number of hydrogen-bond donors (Lipinski definition) is 2. The molecule has 2 N–H and O–H groups in total. The van der Waals surface area contributed by atoms with E-state index in [1.165, 1.54) is 12.1 Å². The molecule has 0 aliphatic heterocycles. The Morgan fingerprint density at radius 2 is 1.69 bits per heavy atom. The number of pyridine rings is 1. The molecule has 5 heteroatoms. The van der Waals surface area contributed by atoms with Gasteiger partial charge < -0.3 is 10.4 Å². The van der Waals surface area contributed by atoms with Gasteiger partial charge in [-0.05, 0) is 41.0 Å². The van der Waals surface area contributed by atoms with Crippen molar-refractivity contribution in [1.29, 1.82) is 0 Å². The highest BCUT2D eigenvalue weighted by Gasteiger charge is 2.10. The molecule has 0 fully saturated rings. The van der Waals surface area contributed by atoms with Gasteiger partial charge in [-0.2, -0.15) is 0 Å². The van der Waals surface area contributed by atoms with Crippen molar-refractivity contribution in [3.8, 4) is 11.1 Å². The number of aromatic carboxylic acids is 1. The van der Waals surface area contributed by atoms with Gasteiger partial charge in [0.25, 0.3) is 0 Å². The molecule has 2 aromatic carbocycles. The number of para-hydroxylation sites is 1. The van der Waals surface area contributed by atoms with Crippen molar-refractivity contribution < 1.29 is 14.7 Å². The first kappa shape index (κ1) is 17.1. The van der Waals surface area contributed by atoms with Crippen LogP contribution in [0.4, 0.5) is 5.69 Å². The van der Waals surface area contributed by atoms with Crippen LogP contribution in [-0.4, -0.2) is 22.0 Å². The lowest BCUT2D eigenvalue weighted by Crippen LogP contribution is -2.11. The van der Waals surface area contributed by atoms with E-state index in [-0.39, 0.29) is 11.3 Å². The Labute approximate surface area is 150 Å². The van der Waals surface area contributed by atoms with Gasteiger partial charge in [0.2, 0.25) is 5.91 Å². The zero-order chi connectivity index (χ0) is 18.4. The standard InChI is InChI=1S/C21H16N2O3/c24-20(23-19-6-2-1-5-18(19)21(25)26)12-9-15-7-10-16(11-8-15)17-4-3-13-22-14-17/h1-14H,(H,23,24)(H,25,26)/b12-9+. The maximum Gasteiger partial charge on any atom is 0.337 e. The largest absolute Gasteiger partial charge is 0.478 e. The van der Waals surface area contributed by atoms with Crippen LogP contribution in [0.5, 0.6) is 0 Å². The van der Waals surface area contributed by atoms with E-state index in [4.69, 9.17) is 5.11 Å². The van der Waals surface area contributed by atoms with Crippen molar-refractivity contribution in [3.05, 3.63) is 90.3 Å². The molecule has 0 radical (unpaired) electrons. The number of rotatable bonds is 5. The van der Waals surface area contributed by atoms with Crippen LogP contribution < -0.4 is 5.32 Å². The number of carboxylic acids is 1. The summed E-state index contributed by atoms with van der Waals surface area (Å²) in [5, 5.41) is 11.7. The first-order valence-corrected chi connectivity index (χ1v) is 7.95. The SMILES string of the molecule is O=C(/C=C/c1ccc(-c2cccnc2)cc1)Nc1ccccc1C(=O)O. The average molecular weight is 344 g/mol. The van der Waals surface area contributed by atoms with Crippen LogP contribution in [0.2, 0.25) is 0 Å². The number of carbonyl (C=O) groups is 2. The minimum atomic E-state index is -1.09. The van der Waals surface area contributed by atoms with E-state index >= 15 is 0 Å². The third kappa shape index (κ3) is 4.21. The minimum absolute atomic E-state index is 0.0510. The summed E-state index contributed by atoms with van der Waals surface area (Å²) in [5.41, 5.74) is 3.23. The van der Waals surface area contributed by atoms with Gasteiger partial charge in [-0.25, -0.2) is 4.79 Å². The summed E-state index contributed by atoms with van der Waals surface area (Å²) in [7, 11) is 0. The van der Waals surface area contributed by atoms with Gasteiger partial charge in [0.05, 0.1) is 11.3 Å². The van der Waals surface area contributed by atoms with Crippen LogP contribution in [0.15, 0.2) is 79.1 Å². The highest BCUT2D eigenvalue weighted by atomic mass is 16.4. The first-order valence-electron chi connectivity index (χ1n) is 7.95. The molecule has 3 aromatic rings. The molecule has 0 bridgehead atoms. The molecule has 0 aliphatic rings. The van der Waals surface area contributed by atoms with Gasteiger partial charge in [0.15, 0.2) is 0 Å². The van der Waals surface area contributed by atoms with E-state index in [1.807, 2.05) is 36.4 Å². The van der Waals surface area contributed by atoms with E-state index in [2.05, 4.69) is 10.3 Å². The van der Waals surface area contributed by atoms with Crippen LogP contribution >= 0.6 is 0 Å². The fourth-order valence-corrected chi connectivity index (χ4v) is 2.45. The molecule has 3 rings (SSSR count). The molecule has 1 heterocycles. The summed E-state index contributed by atoms with van der Waals surface area (Å²) in [4.78, 5) is 27.3. The van der Waals surface area contributed by atoms with Gasteiger partial charge in [-0.3, -0.25) is 9.78 Å². The van der Waals surface area contributed by atoms with Crippen LogP contribution in [0.3, 0.4) is 0 Å². The number of amides is 1. The van der Waals surface area contributed by atoms with Crippen molar-refractivity contribution in [2.24, 2.45) is 0 Å². The summed E-state index contributed by atoms with van der Waals surface area (Å²) >= 11 is 0. The number of nitrogens with one attached hydrogen (secondary N) is 1. The van der Waals surface area contributed by atoms with E-state index in [0.717, 1.165) is 16.7 Å². The second-order valence-electron chi connectivity index (χ2n) is 5.54. The number of carbonyl (C=O) groups excluding carboxylic acids is 1. The summed E-state index contributed by atoms with van der Waals surface area (Å²) in [6.07, 6.45) is 6.56. The van der Waals surface area contributed by atoms with Gasteiger partial charge in [0, 0.05) is 18.5 Å². The average Bonchev–Trinajstić information content (AvgIpc) is 2.68. The topological polar surface area (TPSA) is 79.3 Å². The van der Waals surface area contributed by atoms with Gasteiger partial charge in [0.1, 0.15) is 0 Å². The molecule has 26 heavy (non-hydrogen) atoms. The van der Waals surface area contributed by atoms with Crippen molar-refractivity contribution in [2.45, 2.75) is 0 Å². The molecule has 0 saturated heterocycles. The molecule has 1 amide bonds. The van der Waals surface area contributed by atoms with Crippen molar-refractivity contribution in [2.75, 3.05) is 5.32 Å². The molecule has 0 saturated carbocycles. The Morgan fingerprint density at radius 3 is 2.38 bits per heavy atom. The Morgan fingerprint density at radius 1 is 0.923 bits per heavy atom. The smallest absolute Gasteiger partial charge is 0.337 e. The van der Waals surface area contributed by atoms with Crippen LogP contribution in [0.25, 0.3) is 17.2 Å². The summed E-state index contributed by atoms with van der Waals surface area (Å²) in [6.45, 7) is 0. The maximum absolute atomic E-state index is 12.0. The maximum atomic E-state index is 12.0. The number of nitrogens with zero attached hydrogens (tertiary/aromatic N) is 1.